The molecule has 4 heterocycles. The fourth-order valence-corrected chi connectivity index (χ4v) is 9.39. The Kier molecular flexibility index (Phi) is 10.5. The fourth-order valence-electron chi connectivity index (χ4n) is 7.46. The van der Waals surface area contributed by atoms with Gasteiger partial charge in [0, 0.05) is 39.9 Å². The molecule has 4 aromatic carbocycles. The second-order valence-corrected chi connectivity index (χ2v) is 15.5. The van der Waals surface area contributed by atoms with Gasteiger partial charge in [0.1, 0.15) is 22.8 Å². The Morgan fingerprint density at radius 3 is 2.00 bits per heavy atom. The molecule has 2 atom stereocenters. The molecule has 0 radical (unpaired) electrons. The van der Waals surface area contributed by atoms with E-state index in [1.165, 1.54) is 16.7 Å². The average Bonchev–Trinajstić information content (AvgIpc) is 3.88. The molecule has 0 bridgehead atoms. The summed E-state index contributed by atoms with van der Waals surface area (Å²) in [4.78, 5) is 66.4. The van der Waals surface area contributed by atoms with Crippen molar-refractivity contribution < 1.29 is 29.1 Å². The highest BCUT2D eigenvalue weighted by Gasteiger charge is 2.55. The Hall–Kier alpha value is -6.51. The van der Waals surface area contributed by atoms with Crippen LogP contribution in [0.5, 0.6) is 0 Å². The van der Waals surface area contributed by atoms with Crippen LogP contribution in [-0.2, 0) is 36.0 Å². The molecular formula is C43H36N6O6S2. The van der Waals surface area contributed by atoms with Crippen LogP contribution in [0.15, 0.2) is 154 Å². The minimum Gasteiger partial charge on any atom is -0.477 e. The zero-order valence-corrected chi connectivity index (χ0v) is 32.0. The lowest BCUT2D eigenvalue weighted by Crippen LogP contribution is -2.71. The average molecular weight is 797 g/mol. The number of aliphatic carboxylic acids is 1. The molecule has 57 heavy (non-hydrogen) atoms. The number of carboxylic acid groups (broad SMARTS) is 1. The zero-order chi connectivity index (χ0) is 39.5. The number of fused-ring (bicyclic) bond motifs is 1. The summed E-state index contributed by atoms with van der Waals surface area (Å²) in [6.07, 6.45) is 0.750. The van der Waals surface area contributed by atoms with Crippen LogP contribution in [0, 0.1) is 0 Å². The Bertz CT molecular complexity index is 2340. The second kappa shape index (κ2) is 15.9. The van der Waals surface area contributed by atoms with Crippen LogP contribution < -0.4 is 16.4 Å². The summed E-state index contributed by atoms with van der Waals surface area (Å²) in [5.74, 6) is -2.73. The number of thiazole rings is 1. The Balaban J connectivity index is 1.14. The van der Waals surface area contributed by atoms with Crippen LogP contribution in [0.1, 0.15) is 34.4 Å². The van der Waals surface area contributed by atoms with Gasteiger partial charge in [-0.15, -0.1) is 23.1 Å². The quantitative estimate of drug-likeness (QED) is 0.0433. The minimum atomic E-state index is -1.32. The molecule has 286 valence electrons. The number of nitrogens with two attached hydrogens (primary N) is 1. The smallest absolute Gasteiger partial charge is 0.352 e. The number of amides is 3. The monoisotopic (exact) mass is 796 g/mol. The number of carbonyl (C=O) groups is 4. The van der Waals surface area contributed by atoms with E-state index >= 15 is 0 Å². The molecule has 1 aromatic heterocycles. The largest absolute Gasteiger partial charge is 0.477 e. The number of nitrogens with zero attached hydrogens (tertiary/aromatic N) is 3. The number of hydrogen-bond donors (Lipinski definition) is 4. The second-order valence-electron chi connectivity index (χ2n) is 13.5. The Morgan fingerprint density at radius 2 is 1.49 bits per heavy atom. The molecule has 5 aromatic rings. The van der Waals surface area contributed by atoms with E-state index in [2.05, 4.69) is 20.8 Å². The standard InChI is InChI=1S/C43H36N6O6S2/c44-42-46-33(25-57-42)34(48-55-43(27-15-7-2-8-16-27,28-17-9-3-10-18-28)29-19-11-4-12-20-29)38(51)47-35-39(52)49-36(41(53)54)32(24-56-40(35)49)31(30-21-22-45-37(30)50)23-26-13-5-1-6-14-26/h1-20,25,35,40H,21-24H2,(H2,44,46)(H,45,50)(H,47,51)(H,53,54)/t35-,40-/m1/s1. The highest BCUT2D eigenvalue weighted by atomic mass is 32.2. The van der Waals surface area contributed by atoms with Gasteiger partial charge in [-0.25, -0.2) is 9.78 Å². The zero-order valence-electron chi connectivity index (χ0n) is 30.3. The number of thioether (sulfide) groups is 1. The van der Waals surface area contributed by atoms with Gasteiger partial charge in [0.15, 0.2) is 10.8 Å². The maximum Gasteiger partial charge on any atom is 0.352 e. The maximum absolute atomic E-state index is 14.3. The summed E-state index contributed by atoms with van der Waals surface area (Å²) < 4.78 is 0. The molecule has 0 unspecified atom stereocenters. The van der Waals surface area contributed by atoms with Gasteiger partial charge in [0.25, 0.3) is 11.8 Å². The van der Waals surface area contributed by atoms with Gasteiger partial charge in [0.2, 0.25) is 11.5 Å². The Labute approximate surface area is 336 Å². The first-order valence-electron chi connectivity index (χ1n) is 18.2. The van der Waals surface area contributed by atoms with E-state index in [1.54, 1.807) is 5.38 Å². The van der Waals surface area contributed by atoms with Gasteiger partial charge in [-0.1, -0.05) is 126 Å². The number of benzene rings is 4. The summed E-state index contributed by atoms with van der Waals surface area (Å²) in [7, 11) is 0. The van der Waals surface area contributed by atoms with Crippen molar-refractivity contribution in [2.24, 2.45) is 5.16 Å². The summed E-state index contributed by atoms with van der Waals surface area (Å²) in [6.45, 7) is 0.441. The number of nitrogen functional groups attached to an aromatic ring is 1. The highest BCUT2D eigenvalue weighted by Crippen LogP contribution is 2.44. The molecule has 2 saturated heterocycles. The number of hydrogen-bond acceptors (Lipinski definition) is 10. The number of allylic oxidation sites excluding steroid dienone is 1. The van der Waals surface area contributed by atoms with E-state index < -0.39 is 34.8 Å². The number of carbonyl (C=O) groups excluding carboxylic acids is 3. The first kappa shape index (κ1) is 37.4. The third kappa shape index (κ3) is 7.09. The first-order chi connectivity index (χ1) is 27.8. The first-order valence-corrected chi connectivity index (χ1v) is 20.1. The number of oxime groups is 1. The summed E-state index contributed by atoms with van der Waals surface area (Å²) >= 11 is 2.43. The molecule has 8 rings (SSSR count). The number of anilines is 1. The predicted octanol–water partition coefficient (Wildman–Crippen LogP) is 5.24. The molecule has 14 heteroatoms. The number of nitrogens with one attached hydrogen (secondary N) is 2. The number of rotatable bonds is 12. The topological polar surface area (TPSA) is 176 Å². The molecule has 2 fully saturated rings. The predicted molar refractivity (Wildman–Crippen MR) is 218 cm³/mol. The molecule has 3 aliphatic heterocycles. The summed E-state index contributed by atoms with van der Waals surface area (Å²) in [5.41, 5.74) is 9.06. The molecule has 12 nitrogen and oxygen atoms in total. The van der Waals surface area contributed by atoms with Crippen molar-refractivity contribution in [3.05, 3.63) is 177 Å². The van der Waals surface area contributed by atoms with E-state index in [4.69, 9.17) is 10.6 Å². The van der Waals surface area contributed by atoms with E-state index in [-0.39, 0.29) is 33.9 Å². The molecule has 0 spiro atoms. The van der Waals surface area contributed by atoms with E-state index in [0.717, 1.165) is 33.6 Å². The lowest BCUT2D eigenvalue weighted by molar-refractivity contribution is -0.150. The molecule has 0 saturated carbocycles. The van der Waals surface area contributed by atoms with Gasteiger partial charge in [-0.2, -0.15) is 0 Å². The summed E-state index contributed by atoms with van der Waals surface area (Å²) in [6, 6.07) is 36.9. The summed E-state index contributed by atoms with van der Waals surface area (Å²) in [5, 5.41) is 21.8. The number of aromatic nitrogens is 1. The van der Waals surface area contributed by atoms with Crippen LogP contribution >= 0.6 is 23.1 Å². The number of carboxylic acids is 1. The van der Waals surface area contributed by atoms with Crippen molar-refractivity contribution in [3.63, 3.8) is 0 Å². The van der Waals surface area contributed by atoms with Crippen molar-refractivity contribution in [3.8, 4) is 0 Å². The SMILES string of the molecule is Nc1nc(C(=NOC(c2ccccc2)(c2ccccc2)c2ccccc2)C(=O)N[C@@H]2C(=O)N3C(C(=O)O)=C(C(Cc4ccccc4)=C4CCNC4=O)CS[C@H]23)cs1. The van der Waals surface area contributed by atoms with Crippen molar-refractivity contribution in [1.82, 2.24) is 20.5 Å². The van der Waals surface area contributed by atoms with E-state index in [1.807, 2.05) is 121 Å². The molecule has 0 aliphatic carbocycles. The third-order valence-corrected chi connectivity index (χ3v) is 12.1. The lowest BCUT2D eigenvalue weighted by Gasteiger charge is -2.49. The van der Waals surface area contributed by atoms with Crippen molar-refractivity contribution in [2.45, 2.75) is 29.9 Å². The van der Waals surface area contributed by atoms with E-state index in [0.29, 0.717) is 36.1 Å². The third-order valence-electron chi connectivity index (χ3n) is 10.1. The highest BCUT2D eigenvalue weighted by molar-refractivity contribution is 8.00. The van der Waals surface area contributed by atoms with Gasteiger partial charge in [-0.05, 0) is 29.6 Å². The Morgan fingerprint density at radius 1 is 0.912 bits per heavy atom. The molecular weight excluding hydrogens is 761 g/mol. The minimum absolute atomic E-state index is 0.137. The number of β-lactam (4-membered cyclic amide) rings is 1. The fraction of sp³-hybridized carbons (Fsp3) is 0.163. The molecule has 3 amide bonds. The van der Waals surface area contributed by atoms with E-state index in [9.17, 15) is 24.3 Å². The van der Waals surface area contributed by atoms with Gasteiger partial charge >= 0.3 is 5.97 Å². The van der Waals surface area contributed by atoms with Gasteiger partial charge in [-0.3, -0.25) is 19.3 Å². The van der Waals surface area contributed by atoms with Crippen LogP contribution in [0.2, 0.25) is 0 Å². The van der Waals surface area contributed by atoms with Crippen molar-refractivity contribution in [1.29, 1.82) is 0 Å². The van der Waals surface area contributed by atoms with Gasteiger partial charge in [0.05, 0.1) is 0 Å². The lowest BCUT2D eigenvalue weighted by atomic mass is 9.80. The van der Waals surface area contributed by atoms with Crippen LogP contribution in [0.25, 0.3) is 0 Å². The molecule has 3 aliphatic rings. The van der Waals surface area contributed by atoms with Crippen LogP contribution in [-0.4, -0.2) is 68.1 Å². The maximum atomic E-state index is 14.3. The molecule has 5 N–H and O–H groups in total. The normalized spacial score (nSPS) is 19.0. The van der Waals surface area contributed by atoms with Crippen LogP contribution in [0.3, 0.4) is 0 Å². The van der Waals surface area contributed by atoms with Crippen molar-refractivity contribution in [2.75, 3.05) is 18.0 Å². The van der Waals surface area contributed by atoms with Crippen LogP contribution in [0.4, 0.5) is 5.13 Å². The van der Waals surface area contributed by atoms with Gasteiger partial charge < -0.3 is 26.3 Å². The van der Waals surface area contributed by atoms with Crippen molar-refractivity contribution >= 4 is 57.6 Å².